The minimum atomic E-state index is 0.0602. The van der Waals surface area contributed by atoms with Crippen molar-refractivity contribution in [3.8, 4) is 6.01 Å². The molecule has 7 nitrogen and oxygen atoms in total. The maximum atomic E-state index is 6.07. The summed E-state index contributed by atoms with van der Waals surface area (Å²) in [6.07, 6.45) is 9.88. The first-order chi connectivity index (χ1) is 12.1. The average molecular weight is 347 g/mol. The number of rotatable bonds is 7. The van der Waals surface area contributed by atoms with Gasteiger partial charge in [-0.1, -0.05) is 26.2 Å². The molecule has 3 rings (SSSR count). The number of hydrogen-bond donors (Lipinski definition) is 1. The number of imidazole rings is 1. The van der Waals surface area contributed by atoms with Crippen LogP contribution in [0.2, 0.25) is 0 Å². The Balaban J connectivity index is 1.84. The molecule has 1 aliphatic carbocycles. The van der Waals surface area contributed by atoms with Crippen molar-refractivity contribution in [3.05, 3.63) is 11.9 Å². The lowest BCUT2D eigenvalue weighted by Crippen LogP contribution is -2.28. The van der Waals surface area contributed by atoms with Crippen LogP contribution in [0, 0.1) is 5.92 Å². The van der Waals surface area contributed by atoms with Crippen molar-refractivity contribution in [2.24, 2.45) is 5.92 Å². The SMILES string of the molecule is CCC[C@H](C)Oc1nc(N)c2ncc(CC3CCCCC3OC)n2n1. The summed E-state index contributed by atoms with van der Waals surface area (Å²) in [6.45, 7) is 4.15. The van der Waals surface area contributed by atoms with E-state index in [1.807, 2.05) is 13.1 Å². The molecule has 0 amide bonds. The zero-order valence-corrected chi connectivity index (χ0v) is 15.4. The van der Waals surface area contributed by atoms with E-state index in [-0.39, 0.29) is 6.10 Å². The van der Waals surface area contributed by atoms with Gasteiger partial charge >= 0.3 is 6.01 Å². The molecule has 0 bridgehead atoms. The third-order valence-electron chi connectivity index (χ3n) is 5.05. The van der Waals surface area contributed by atoms with E-state index in [1.54, 1.807) is 11.6 Å². The van der Waals surface area contributed by atoms with Crippen molar-refractivity contribution in [1.82, 2.24) is 19.6 Å². The Bertz CT molecular complexity index is 702. The summed E-state index contributed by atoms with van der Waals surface area (Å²) >= 11 is 0. The van der Waals surface area contributed by atoms with Crippen LogP contribution < -0.4 is 10.5 Å². The highest BCUT2D eigenvalue weighted by atomic mass is 16.5. The van der Waals surface area contributed by atoms with Gasteiger partial charge in [-0.25, -0.2) is 9.50 Å². The van der Waals surface area contributed by atoms with Gasteiger partial charge in [0.25, 0.3) is 0 Å². The summed E-state index contributed by atoms with van der Waals surface area (Å²) < 4.78 is 13.3. The van der Waals surface area contributed by atoms with E-state index in [2.05, 4.69) is 22.0 Å². The van der Waals surface area contributed by atoms with E-state index in [4.69, 9.17) is 15.2 Å². The van der Waals surface area contributed by atoms with Crippen molar-refractivity contribution < 1.29 is 9.47 Å². The Morgan fingerprint density at radius 2 is 2.16 bits per heavy atom. The number of anilines is 1. The van der Waals surface area contributed by atoms with Crippen LogP contribution in [0.25, 0.3) is 5.65 Å². The van der Waals surface area contributed by atoms with Gasteiger partial charge in [-0.3, -0.25) is 0 Å². The van der Waals surface area contributed by atoms with Crippen LogP contribution in [0.1, 0.15) is 58.1 Å². The molecule has 2 aromatic heterocycles. The first kappa shape index (κ1) is 17.9. The quantitative estimate of drug-likeness (QED) is 0.828. The van der Waals surface area contributed by atoms with Gasteiger partial charge in [0.2, 0.25) is 0 Å². The highest BCUT2D eigenvalue weighted by Gasteiger charge is 2.26. The molecule has 0 aromatic carbocycles. The molecule has 0 spiro atoms. The Morgan fingerprint density at radius 1 is 1.36 bits per heavy atom. The largest absolute Gasteiger partial charge is 0.459 e. The van der Waals surface area contributed by atoms with Crippen molar-refractivity contribution in [2.45, 2.75) is 71.0 Å². The van der Waals surface area contributed by atoms with Gasteiger partial charge in [-0.05, 0) is 38.5 Å². The second kappa shape index (κ2) is 7.99. The maximum Gasteiger partial charge on any atom is 0.336 e. The second-order valence-corrected chi connectivity index (χ2v) is 7.00. The molecule has 2 N–H and O–H groups in total. The molecule has 25 heavy (non-hydrogen) atoms. The molecule has 2 heterocycles. The van der Waals surface area contributed by atoms with Crippen LogP contribution in [0.5, 0.6) is 6.01 Å². The fraction of sp³-hybridized carbons (Fsp3) is 0.722. The lowest BCUT2D eigenvalue weighted by Gasteiger charge is -2.30. The molecule has 138 valence electrons. The maximum absolute atomic E-state index is 6.07. The minimum absolute atomic E-state index is 0.0602. The topological polar surface area (TPSA) is 87.6 Å². The van der Waals surface area contributed by atoms with E-state index in [1.165, 1.54) is 19.3 Å². The monoisotopic (exact) mass is 347 g/mol. The third-order valence-corrected chi connectivity index (χ3v) is 5.05. The number of ether oxygens (including phenoxy) is 2. The predicted molar refractivity (Wildman–Crippen MR) is 96.7 cm³/mol. The standard InChI is InChI=1S/C18H29N5O2/c1-4-7-12(2)25-18-21-16(19)17-20-11-14(23(17)22-18)10-13-8-5-6-9-15(13)24-3/h11-13,15H,4-10H2,1-3H3,(H2,19,21,22)/t12-,13?,15?/m0/s1. The Labute approximate surface area is 148 Å². The highest BCUT2D eigenvalue weighted by Crippen LogP contribution is 2.30. The lowest BCUT2D eigenvalue weighted by atomic mass is 9.83. The Hall–Kier alpha value is -1.89. The molecule has 1 aliphatic rings. The van der Waals surface area contributed by atoms with Crippen LogP contribution in [-0.2, 0) is 11.2 Å². The molecule has 7 heteroatoms. The summed E-state index contributed by atoms with van der Waals surface area (Å²) in [4.78, 5) is 8.66. The van der Waals surface area contributed by atoms with Gasteiger partial charge in [0.1, 0.15) is 0 Å². The van der Waals surface area contributed by atoms with Gasteiger partial charge in [-0.15, -0.1) is 5.10 Å². The van der Waals surface area contributed by atoms with Gasteiger partial charge < -0.3 is 15.2 Å². The van der Waals surface area contributed by atoms with Gasteiger partial charge in [0.15, 0.2) is 11.5 Å². The number of nitrogens with two attached hydrogens (primary N) is 1. The summed E-state index contributed by atoms with van der Waals surface area (Å²) in [5.74, 6) is 0.838. The van der Waals surface area contributed by atoms with E-state index in [9.17, 15) is 0 Å². The van der Waals surface area contributed by atoms with Crippen molar-refractivity contribution >= 4 is 11.5 Å². The second-order valence-electron chi connectivity index (χ2n) is 7.00. The number of hydrogen-bond acceptors (Lipinski definition) is 6. The first-order valence-corrected chi connectivity index (χ1v) is 9.32. The number of nitrogens with zero attached hydrogens (tertiary/aromatic N) is 4. The van der Waals surface area contributed by atoms with Gasteiger partial charge in [0, 0.05) is 7.11 Å². The molecule has 1 fully saturated rings. The van der Waals surface area contributed by atoms with E-state index in [0.717, 1.165) is 31.4 Å². The van der Waals surface area contributed by atoms with Gasteiger partial charge in [-0.2, -0.15) is 4.98 Å². The van der Waals surface area contributed by atoms with E-state index >= 15 is 0 Å². The van der Waals surface area contributed by atoms with E-state index < -0.39 is 0 Å². The fourth-order valence-electron chi connectivity index (χ4n) is 3.75. The summed E-state index contributed by atoms with van der Waals surface area (Å²) in [5, 5.41) is 4.53. The van der Waals surface area contributed by atoms with Crippen LogP contribution in [0.4, 0.5) is 5.82 Å². The zero-order valence-electron chi connectivity index (χ0n) is 15.4. The summed E-state index contributed by atoms with van der Waals surface area (Å²) in [6, 6.07) is 0.317. The predicted octanol–water partition coefficient (Wildman–Crippen LogP) is 3.02. The Kier molecular flexibility index (Phi) is 5.73. The van der Waals surface area contributed by atoms with Crippen molar-refractivity contribution in [1.29, 1.82) is 0 Å². The Morgan fingerprint density at radius 3 is 2.92 bits per heavy atom. The minimum Gasteiger partial charge on any atom is -0.459 e. The third kappa shape index (κ3) is 4.03. The smallest absolute Gasteiger partial charge is 0.336 e. The van der Waals surface area contributed by atoms with E-state index in [0.29, 0.717) is 29.5 Å². The molecule has 1 saturated carbocycles. The van der Waals surface area contributed by atoms with Crippen LogP contribution in [-0.4, -0.2) is 38.9 Å². The molecular weight excluding hydrogens is 318 g/mol. The molecular formula is C18H29N5O2. The van der Waals surface area contributed by atoms with Crippen LogP contribution in [0.15, 0.2) is 6.20 Å². The fourth-order valence-corrected chi connectivity index (χ4v) is 3.75. The summed E-state index contributed by atoms with van der Waals surface area (Å²) in [5.41, 5.74) is 7.69. The first-order valence-electron chi connectivity index (χ1n) is 9.32. The lowest BCUT2D eigenvalue weighted by molar-refractivity contribution is 0.0234. The average Bonchev–Trinajstić information content (AvgIpc) is 2.99. The molecule has 2 unspecified atom stereocenters. The summed E-state index contributed by atoms with van der Waals surface area (Å²) in [7, 11) is 1.80. The van der Waals surface area contributed by atoms with Crippen molar-refractivity contribution in [3.63, 3.8) is 0 Å². The molecule has 0 aliphatic heterocycles. The van der Waals surface area contributed by atoms with Crippen LogP contribution in [0.3, 0.4) is 0 Å². The number of nitrogen functional groups attached to an aromatic ring is 1. The molecule has 2 aromatic rings. The number of fused-ring (bicyclic) bond motifs is 1. The van der Waals surface area contributed by atoms with Crippen molar-refractivity contribution in [2.75, 3.05) is 12.8 Å². The highest BCUT2D eigenvalue weighted by molar-refractivity contribution is 5.59. The van der Waals surface area contributed by atoms with Gasteiger partial charge in [0.05, 0.1) is 24.1 Å². The van der Waals surface area contributed by atoms with Crippen LogP contribution >= 0.6 is 0 Å². The number of methoxy groups -OCH3 is 1. The zero-order chi connectivity index (χ0) is 17.8. The number of aromatic nitrogens is 4. The molecule has 3 atom stereocenters. The molecule has 0 saturated heterocycles. The molecule has 0 radical (unpaired) electrons. The normalized spacial score (nSPS) is 22.2.